The number of thiophene rings is 1. The zero-order chi connectivity index (χ0) is 21.5. The van der Waals surface area contributed by atoms with Gasteiger partial charge >= 0.3 is 0 Å². The van der Waals surface area contributed by atoms with Crippen LogP contribution in [0, 0.1) is 0 Å². The van der Waals surface area contributed by atoms with Gasteiger partial charge in [0, 0.05) is 29.4 Å². The Kier molecular flexibility index (Phi) is 7.94. The van der Waals surface area contributed by atoms with Gasteiger partial charge in [-0.05, 0) is 74.5 Å². The fraction of sp³-hybridized carbons (Fsp3) is 0.385. The molecule has 1 aromatic heterocycles. The molecule has 0 aliphatic carbocycles. The third kappa shape index (κ3) is 5.65. The normalized spacial score (nSPS) is 12.5. The van der Waals surface area contributed by atoms with Crippen molar-refractivity contribution in [3.8, 4) is 11.5 Å². The summed E-state index contributed by atoms with van der Waals surface area (Å²) < 4.78 is 11.5. The van der Waals surface area contributed by atoms with E-state index in [1.54, 1.807) is 18.4 Å². The highest BCUT2D eigenvalue weighted by Crippen LogP contribution is 2.36. The summed E-state index contributed by atoms with van der Waals surface area (Å²) in [5.74, 6) is 1.99. The van der Waals surface area contributed by atoms with Gasteiger partial charge in [0.15, 0.2) is 0 Å². The second kappa shape index (κ2) is 10.6. The summed E-state index contributed by atoms with van der Waals surface area (Å²) >= 11 is 1.78. The first kappa shape index (κ1) is 22.4. The lowest BCUT2D eigenvalue weighted by atomic mass is 9.90. The third-order valence-electron chi connectivity index (χ3n) is 5.41. The van der Waals surface area contributed by atoms with E-state index in [0.29, 0.717) is 18.7 Å². The first-order valence-electron chi connectivity index (χ1n) is 10.7. The SMILES string of the molecule is COc1cccc(C(c2ccc(OCCN(C(C)C)C(C)C)cc2)c2cccs2)c1. The van der Waals surface area contributed by atoms with Crippen LogP contribution in [0.1, 0.15) is 49.6 Å². The van der Waals surface area contributed by atoms with Crippen LogP contribution >= 0.6 is 11.3 Å². The van der Waals surface area contributed by atoms with Crippen LogP contribution in [0.4, 0.5) is 0 Å². The Bertz CT molecular complexity index is 880. The van der Waals surface area contributed by atoms with Gasteiger partial charge in [0.05, 0.1) is 7.11 Å². The molecule has 3 nitrogen and oxygen atoms in total. The minimum Gasteiger partial charge on any atom is -0.497 e. The molecule has 1 atom stereocenters. The second-order valence-electron chi connectivity index (χ2n) is 8.07. The summed E-state index contributed by atoms with van der Waals surface area (Å²) in [4.78, 5) is 3.77. The predicted octanol–water partition coefficient (Wildman–Crippen LogP) is 6.43. The van der Waals surface area contributed by atoms with Gasteiger partial charge in [-0.1, -0.05) is 30.3 Å². The molecule has 1 unspecified atom stereocenters. The lowest BCUT2D eigenvalue weighted by Crippen LogP contribution is -2.39. The maximum atomic E-state index is 6.05. The fourth-order valence-corrected chi connectivity index (χ4v) is 4.82. The molecule has 0 radical (unpaired) electrons. The molecule has 1 heterocycles. The van der Waals surface area contributed by atoms with Crippen molar-refractivity contribution in [2.24, 2.45) is 0 Å². The van der Waals surface area contributed by atoms with Crippen molar-refractivity contribution in [3.05, 3.63) is 82.0 Å². The molecule has 0 aliphatic rings. The summed E-state index contributed by atoms with van der Waals surface area (Å²) in [6.45, 7) is 10.6. The van der Waals surface area contributed by atoms with Gasteiger partial charge in [0.25, 0.3) is 0 Å². The van der Waals surface area contributed by atoms with E-state index in [1.165, 1.54) is 16.0 Å². The Hall–Kier alpha value is -2.30. The van der Waals surface area contributed by atoms with Crippen molar-refractivity contribution in [1.82, 2.24) is 4.90 Å². The molecule has 0 saturated carbocycles. The van der Waals surface area contributed by atoms with Crippen LogP contribution in [0.15, 0.2) is 66.0 Å². The van der Waals surface area contributed by atoms with Gasteiger partial charge in [-0.25, -0.2) is 0 Å². The summed E-state index contributed by atoms with van der Waals surface area (Å²) in [6.07, 6.45) is 0. The van der Waals surface area contributed by atoms with E-state index in [2.05, 4.69) is 92.6 Å². The van der Waals surface area contributed by atoms with Crippen LogP contribution in [0.5, 0.6) is 11.5 Å². The van der Waals surface area contributed by atoms with E-state index in [4.69, 9.17) is 9.47 Å². The van der Waals surface area contributed by atoms with E-state index >= 15 is 0 Å². The average molecular weight is 424 g/mol. The molecule has 0 N–H and O–H groups in total. The van der Waals surface area contributed by atoms with Crippen molar-refractivity contribution in [2.75, 3.05) is 20.3 Å². The first-order chi connectivity index (χ1) is 14.5. The second-order valence-corrected chi connectivity index (χ2v) is 9.05. The number of hydrogen-bond donors (Lipinski definition) is 0. The lowest BCUT2D eigenvalue weighted by Gasteiger charge is -2.30. The summed E-state index contributed by atoms with van der Waals surface area (Å²) in [5, 5.41) is 2.13. The third-order valence-corrected chi connectivity index (χ3v) is 6.35. The first-order valence-corrected chi connectivity index (χ1v) is 11.5. The molecule has 3 rings (SSSR count). The molecule has 3 aromatic rings. The Labute approximate surface area is 185 Å². The number of methoxy groups -OCH3 is 1. The standard InChI is InChI=1S/C26H33NO2S/c1-19(2)27(20(3)4)15-16-29-23-13-11-21(12-14-23)26(25-10-7-17-30-25)22-8-6-9-24(18-22)28-5/h6-14,17-20,26H,15-16H2,1-5H3. The highest BCUT2D eigenvalue weighted by molar-refractivity contribution is 7.10. The quantitative estimate of drug-likeness (QED) is 0.375. The monoisotopic (exact) mass is 423 g/mol. The van der Waals surface area contributed by atoms with Crippen LogP contribution in [0.2, 0.25) is 0 Å². The smallest absolute Gasteiger partial charge is 0.119 e. The van der Waals surface area contributed by atoms with E-state index < -0.39 is 0 Å². The molecule has 30 heavy (non-hydrogen) atoms. The summed E-state index contributed by atoms with van der Waals surface area (Å²) in [7, 11) is 1.71. The van der Waals surface area contributed by atoms with Gasteiger partial charge in [-0.2, -0.15) is 0 Å². The minimum absolute atomic E-state index is 0.187. The number of ether oxygens (including phenoxy) is 2. The minimum atomic E-state index is 0.187. The van der Waals surface area contributed by atoms with Crippen molar-refractivity contribution in [1.29, 1.82) is 0 Å². The number of rotatable bonds is 10. The number of hydrogen-bond acceptors (Lipinski definition) is 4. The highest BCUT2D eigenvalue weighted by Gasteiger charge is 2.19. The molecule has 0 bridgehead atoms. The van der Waals surface area contributed by atoms with Crippen LogP contribution in [-0.2, 0) is 0 Å². The van der Waals surface area contributed by atoms with Gasteiger partial charge in [-0.3, -0.25) is 4.90 Å². The predicted molar refractivity (Wildman–Crippen MR) is 127 cm³/mol. The van der Waals surface area contributed by atoms with Crippen molar-refractivity contribution < 1.29 is 9.47 Å². The zero-order valence-corrected chi connectivity index (χ0v) is 19.5. The molecule has 4 heteroatoms. The Morgan fingerprint density at radius 3 is 2.17 bits per heavy atom. The maximum Gasteiger partial charge on any atom is 0.119 e. The number of nitrogens with zero attached hydrogens (tertiary/aromatic N) is 1. The van der Waals surface area contributed by atoms with Crippen molar-refractivity contribution in [2.45, 2.75) is 45.7 Å². The molecule has 0 aliphatic heterocycles. The molecule has 0 amide bonds. The fourth-order valence-electron chi connectivity index (χ4n) is 3.94. The zero-order valence-electron chi connectivity index (χ0n) is 18.7. The van der Waals surface area contributed by atoms with E-state index in [0.717, 1.165) is 18.0 Å². The van der Waals surface area contributed by atoms with E-state index in [1.807, 2.05) is 6.07 Å². The Morgan fingerprint density at radius 2 is 1.57 bits per heavy atom. The van der Waals surface area contributed by atoms with Gasteiger partial charge < -0.3 is 9.47 Å². The summed E-state index contributed by atoms with van der Waals surface area (Å²) in [6, 6.07) is 22.2. The molecular weight excluding hydrogens is 390 g/mol. The topological polar surface area (TPSA) is 21.7 Å². The maximum absolute atomic E-state index is 6.05. The molecule has 0 fully saturated rings. The molecular formula is C26H33NO2S. The highest BCUT2D eigenvalue weighted by atomic mass is 32.1. The van der Waals surface area contributed by atoms with Crippen LogP contribution in [0.25, 0.3) is 0 Å². The molecule has 2 aromatic carbocycles. The van der Waals surface area contributed by atoms with Crippen LogP contribution in [0.3, 0.4) is 0 Å². The van der Waals surface area contributed by atoms with E-state index in [9.17, 15) is 0 Å². The largest absolute Gasteiger partial charge is 0.497 e. The van der Waals surface area contributed by atoms with Crippen molar-refractivity contribution in [3.63, 3.8) is 0 Å². The molecule has 160 valence electrons. The van der Waals surface area contributed by atoms with Crippen molar-refractivity contribution >= 4 is 11.3 Å². The Morgan fingerprint density at radius 1 is 0.833 bits per heavy atom. The van der Waals surface area contributed by atoms with E-state index in [-0.39, 0.29) is 5.92 Å². The number of benzene rings is 2. The lowest BCUT2D eigenvalue weighted by molar-refractivity contribution is 0.142. The van der Waals surface area contributed by atoms with Gasteiger partial charge in [-0.15, -0.1) is 11.3 Å². The average Bonchev–Trinajstić information content (AvgIpc) is 3.26. The van der Waals surface area contributed by atoms with Crippen LogP contribution in [-0.4, -0.2) is 37.2 Å². The van der Waals surface area contributed by atoms with Gasteiger partial charge in [0.1, 0.15) is 18.1 Å². The Balaban J connectivity index is 1.75. The van der Waals surface area contributed by atoms with Crippen LogP contribution < -0.4 is 9.47 Å². The summed E-state index contributed by atoms with van der Waals surface area (Å²) in [5.41, 5.74) is 2.49. The molecule has 0 saturated heterocycles. The molecule has 0 spiro atoms. The van der Waals surface area contributed by atoms with Gasteiger partial charge in [0.2, 0.25) is 0 Å².